The summed E-state index contributed by atoms with van der Waals surface area (Å²) in [6, 6.07) is 0. The van der Waals surface area contributed by atoms with Gasteiger partial charge in [0.2, 0.25) is 29.5 Å². The number of nitrogen functional groups attached to an aromatic ring is 4. The van der Waals surface area contributed by atoms with Crippen molar-refractivity contribution in [2.75, 3.05) is 23.2 Å². The highest BCUT2D eigenvalue weighted by Gasteiger charge is 2.16. The molecular weight excluding hydrogens is 284 g/mol. The second-order valence-corrected chi connectivity index (χ2v) is 3.40. The molecule has 21 heavy (non-hydrogen) atoms. The van der Waals surface area contributed by atoms with Gasteiger partial charge in [-0.1, -0.05) is 0 Å². The van der Waals surface area contributed by atoms with Crippen LogP contribution in [0.5, 0.6) is 0 Å². The number of nitrogens with zero attached hydrogens (tertiary/aromatic N) is 8. The van der Waals surface area contributed by atoms with E-state index in [1.54, 1.807) is 0 Å². The molecule has 16 heteroatoms. The van der Waals surface area contributed by atoms with Gasteiger partial charge in [0.1, 0.15) is 0 Å². The lowest BCUT2D eigenvalue weighted by Crippen LogP contribution is -2.48. The second-order valence-electron chi connectivity index (χ2n) is 3.40. The van der Waals surface area contributed by atoms with Crippen molar-refractivity contribution in [1.29, 1.82) is 0 Å². The number of nitrogens with two attached hydrogens (primary N) is 8. The molecule has 0 amide bonds. The molecule has 0 aliphatic heterocycles. The molecule has 0 bridgehead atoms. The number of guanidine groups is 1. The molecule has 0 radical (unpaired) electrons. The molecule has 0 spiro atoms. The lowest BCUT2D eigenvalue weighted by Gasteiger charge is -2.06. The Labute approximate surface area is 117 Å². The van der Waals surface area contributed by atoms with Gasteiger partial charge < -0.3 is 34.7 Å². The molecule has 16 N–H and O–H groups in total. The maximum Gasteiger partial charge on any atom is 0.242 e. The predicted molar refractivity (Wildman–Crippen MR) is 74.2 cm³/mol. The number of hydrazone groups is 1. The molecule has 2 rings (SSSR count). The first-order valence-electron chi connectivity index (χ1n) is 5.04. The van der Waals surface area contributed by atoms with Crippen LogP contribution in [0.15, 0.2) is 5.10 Å². The third-order valence-corrected chi connectivity index (χ3v) is 2.04. The van der Waals surface area contributed by atoms with Crippen LogP contribution in [0.4, 0.5) is 11.9 Å². The number of hydrazine groups is 2. The van der Waals surface area contributed by atoms with Crippen molar-refractivity contribution in [1.82, 2.24) is 34.9 Å². The third kappa shape index (κ3) is 3.27. The largest absolute Gasteiger partial charge is 0.366 e. The van der Waals surface area contributed by atoms with Crippen molar-refractivity contribution < 1.29 is 0 Å². The highest BCUT2D eigenvalue weighted by Crippen LogP contribution is 2.13. The zero-order chi connectivity index (χ0) is 16.2. The van der Waals surface area contributed by atoms with Crippen LogP contribution in [0.25, 0.3) is 11.6 Å². The average molecular weight is 300 g/mol. The van der Waals surface area contributed by atoms with Gasteiger partial charge in [0.25, 0.3) is 0 Å². The third-order valence-electron chi connectivity index (χ3n) is 2.04. The Kier molecular flexibility index (Phi) is 4.49. The fourth-order valence-corrected chi connectivity index (χ4v) is 0.978. The molecule has 16 nitrogen and oxygen atoms in total. The second kappa shape index (κ2) is 6.08. The summed E-state index contributed by atoms with van der Waals surface area (Å²) >= 11 is 0. The van der Waals surface area contributed by atoms with Crippen molar-refractivity contribution in [3.05, 3.63) is 0 Å². The zero-order valence-electron chi connectivity index (χ0n) is 10.7. The van der Waals surface area contributed by atoms with E-state index < -0.39 is 0 Å². The Balaban J connectivity index is 0.000000270. The minimum absolute atomic E-state index is 0.0431. The van der Waals surface area contributed by atoms with Crippen LogP contribution in [0, 0.1) is 0 Å². The van der Waals surface area contributed by atoms with E-state index in [0.29, 0.717) is 5.12 Å². The van der Waals surface area contributed by atoms with Crippen LogP contribution in [0.2, 0.25) is 0 Å². The number of aromatic nitrogens is 6. The Bertz CT molecular complexity index is 572. The average Bonchev–Trinajstić information content (AvgIpc) is 2.95. The van der Waals surface area contributed by atoms with Gasteiger partial charge in [-0.05, 0) is 0 Å². The van der Waals surface area contributed by atoms with Gasteiger partial charge in [0, 0.05) is 0 Å². The van der Waals surface area contributed by atoms with Crippen LogP contribution in [0.3, 0.4) is 0 Å². The molecule has 0 aliphatic carbocycles. The van der Waals surface area contributed by atoms with E-state index in [2.05, 4.69) is 31.3 Å². The molecule has 2 aromatic rings. The molecule has 0 atom stereocenters. The van der Waals surface area contributed by atoms with Gasteiger partial charge in [0.15, 0.2) is 0 Å². The maximum absolute atomic E-state index is 5.50. The molecule has 0 unspecified atom stereocenters. The number of anilines is 2. The Morgan fingerprint density at radius 1 is 0.905 bits per heavy atom. The van der Waals surface area contributed by atoms with E-state index in [4.69, 9.17) is 40.6 Å². The van der Waals surface area contributed by atoms with Crippen LogP contribution in [0.1, 0.15) is 0 Å². The van der Waals surface area contributed by atoms with Crippen molar-refractivity contribution in [2.24, 2.45) is 28.4 Å². The summed E-state index contributed by atoms with van der Waals surface area (Å²) in [7, 11) is 0. The van der Waals surface area contributed by atoms with E-state index in [9.17, 15) is 0 Å². The minimum Gasteiger partial charge on any atom is -0.366 e. The van der Waals surface area contributed by atoms with Crippen molar-refractivity contribution >= 4 is 17.9 Å². The Morgan fingerprint density at radius 3 is 1.43 bits per heavy atom. The fourth-order valence-electron chi connectivity index (χ4n) is 0.978. The summed E-state index contributed by atoms with van der Waals surface area (Å²) in [5.74, 6) is 25.6. The van der Waals surface area contributed by atoms with Crippen LogP contribution < -0.4 is 46.4 Å². The number of hydrogen-bond acceptors (Lipinski definition) is 12. The first-order chi connectivity index (χ1) is 9.79. The molecule has 0 fully saturated rings. The van der Waals surface area contributed by atoms with Gasteiger partial charge in [-0.2, -0.15) is 0 Å². The summed E-state index contributed by atoms with van der Waals surface area (Å²) in [5.41, 5.74) is 15.7. The van der Waals surface area contributed by atoms with Crippen molar-refractivity contribution in [3.8, 4) is 11.6 Å². The molecule has 116 valence electrons. The minimum atomic E-state index is -0.111. The summed E-state index contributed by atoms with van der Waals surface area (Å²) in [4.78, 5) is 0. The molecule has 2 aromatic heterocycles. The first kappa shape index (κ1) is 15.5. The SMILES string of the molecule is NN=C(N)N(N)N.Nc1nnc(-c2nnc(N)n2N)n1N. The van der Waals surface area contributed by atoms with E-state index in [1.807, 2.05) is 0 Å². The fraction of sp³-hybridized carbons (Fsp3) is 0. The molecule has 2 heterocycles. The van der Waals surface area contributed by atoms with Gasteiger partial charge >= 0.3 is 0 Å². The standard InChI is InChI=1S/C4H8N10.CH8N6/c5-3-11-9-1(13(3)7)2-10-12-4(6)14(2)8;2-1(6-3)7(4)5/h7-8H2,(H2,5,11)(H2,6,12);3-5H2,(H2,2,6). The molecule has 0 saturated carbocycles. The van der Waals surface area contributed by atoms with Gasteiger partial charge in [-0.3, -0.25) is 0 Å². The topological polar surface area (TPSA) is 285 Å². The van der Waals surface area contributed by atoms with Crippen LogP contribution >= 0.6 is 0 Å². The van der Waals surface area contributed by atoms with Crippen molar-refractivity contribution in [2.45, 2.75) is 0 Å². The number of hydrogen-bond donors (Lipinski definition) is 8. The Morgan fingerprint density at radius 2 is 1.29 bits per heavy atom. The highest BCUT2D eigenvalue weighted by molar-refractivity contribution is 5.76. The molecular formula is C5H16N16. The summed E-state index contributed by atoms with van der Waals surface area (Å²) in [6.07, 6.45) is 0. The summed E-state index contributed by atoms with van der Waals surface area (Å²) in [5, 5.41) is 18.0. The van der Waals surface area contributed by atoms with Gasteiger partial charge in [-0.15, -0.1) is 25.5 Å². The summed E-state index contributed by atoms with van der Waals surface area (Å²) in [6.45, 7) is 0. The lowest BCUT2D eigenvalue weighted by atomic mass is 10.6. The first-order valence-corrected chi connectivity index (χ1v) is 5.04. The lowest BCUT2D eigenvalue weighted by molar-refractivity contribution is 0.457. The van der Waals surface area contributed by atoms with Crippen LogP contribution in [-0.4, -0.2) is 40.8 Å². The smallest absolute Gasteiger partial charge is 0.242 e. The molecule has 0 aliphatic rings. The monoisotopic (exact) mass is 300 g/mol. The van der Waals surface area contributed by atoms with E-state index in [-0.39, 0.29) is 29.5 Å². The van der Waals surface area contributed by atoms with E-state index >= 15 is 0 Å². The van der Waals surface area contributed by atoms with E-state index in [1.165, 1.54) is 0 Å². The molecule has 0 aromatic carbocycles. The van der Waals surface area contributed by atoms with Crippen molar-refractivity contribution in [3.63, 3.8) is 0 Å². The Hall–Kier alpha value is -3.53. The quantitative estimate of drug-likeness (QED) is 0.105. The van der Waals surface area contributed by atoms with E-state index in [0.717, 1.165) is 9.35 Å². The number of rotatable bonds is 1. The maximum atomic E-state index is 5.50. The zero-order valence-corrected chi connectivity index (χ0v) is 10.7. The van der Waals surface area contributed by atoms with Gasteiger partial charge in [-0.25, -0.2) is 26.2 Å². The summed E-state index contributed by atoms with van der Waals surface area (Å²) < 4.78 is 2.07. The molecule has 0 saturated heterocycles. The van der Waals surface area contributed by atoms with Gasteiger partial charge in [0.05, 0.1) is 0 Å². The predicted octanol–water partition coefficient (Wildman–Crippen LogP) is -5.65. The highest BCUT2D eigenvalue weighted by atomic mass is 15.6. The normalized spacial score (nSPS) is 10.9. The van der Waals surface area contributed by atoms with Crippen LogP contribution in [-0.2, 0) is 0 Å².